The molecule has 114 valence electrons. The third kappa shape index (κ3) is 2.54. The summed E-state index contributed by atoms with van der Waals surface area (Å²) in [5.74, 6) is 0.773. The van der Waals surface area contributed by atoms with Gasteiger partial charge >= 0.3 is 0 Å². The van der Waals surface area contributed by atoms with Crippen LogP contribution in [0.2, 0.25) is 0 Å². The molecule has 1 spiro atoms. The molecule has 2 saturated heterocycles. The predicted octanol–water partition coefficient (Wildman–Crippen LogP) is -0.536. The van der Waals surface area contributed by atoms with Crippen LogP contribution in [0.4, 0.5) is 0 Å². The van der Waals surface area contributed by atoms with Crippen molar-refractivity contribution in [2.24, 2.45) is 11.7 Å². The Kier molecular flexibility index (Phi) is 4.32. The smallest absolute Gasteiger partial charge is 0.242 e. The number of aliphatic hydroxyl groups excluding tert-OH is 1. The summed E-state index contributed by atoms with van der Waals surface area (Å²) in [6.45, 7) is 7.06. The summed E-state index contributed by atoms with van der Waals surface area (Å²) in [6, 6.07) is -0.881. The Balaban J connectivity index is 2.00. The molecule has 2 amide bonds. The number of carbonyl (C=O) groups excluding carboxylic acids is 2. The van der Waals surface area contributed by atoms with Gasteiger partial charge in [0.15, 0.2) is 0 Å². The normalized spacial score (nSPS) is 23.9. The van der Waals surface area contributed by atoms with E-state index in [1.807, 2.05) is 18.7 Å². The van der Waals surface area contributed by atoms with Crippen LogP contribution in [-0.4, -0.2) is 69.1 Å². The number of hydrogen-bond donors (Lipinski definition) is 2. The van der Waals surface area contributed by atoms with E-state index in [9.17, 15) is 14.7 Å². The molecule has 0 radical (unpaired) electrons. The number of amides is 2. The molecule has 20 heavy (non-hydrogen) atoms. The lowest BCUT2D eigenvalue weighted by Crippen LogP contribution is -2.71. The van der Waals surface area contributed by atoms with Crippen LogP contribution >= 0.6 is 11.8 Å². The first-order valence-corrected chi connectivity index (χ1v) is 7.95. The summed E-state index contributed by atoms with van der Waals surface area (Å²) in [6.07, 6.45) is -0.858. The minimum atomic E-state index is -0.881. The second-order valence-corrected chi connectivity index (χ2v) is 7.36. The molecule has 0 aromatic heterocycles. The van der Waals surface area contributed by atoms with Crippen LogP contribution in [0.3, 0.4) is 0 Å². The molecule has 0 unspecified atom stereocenters. The fraction of sp³-hybridized carbons (Fsp3) is 0.846. The summed E-state index contributed by atoms with van der Waals surface area (Å²) in [5.41, 5.74) is 5.67. The Morgan fingerprint density at radius 2 is 1.85 bits per heavy atom. The van der Waals surface area contributed by atoms with Gasteiger partial charge in [0.25, 0.3) is 0 Å². The first-order valence-electron chi connectivity index (χ1n) is 6.96. The van der Waals surface area contributed by atoms with Gasteiger partial charge in [-0.15, -0.1) is 11.8 Å². The topological polar surface area (TPSA) is 86.9 Å². The van der Waals surface area contributed by atoms with Crippen LogP contribution in [-0.2, 0) is 9.59 Å². The molecule has 7 heteroatoms. The van der Waals surface area contributed by atoms with Crippen molar-refractivity contribution < 1.29 is 14.7 Å². The van der Waals surface area contributed by atoms with Crippen molar-refractivity contribution in [2.45, 2.75) is 37.8 Å². The average Bonchev–Trinajstić information content (AvgIpc) is 2.78. The Hall–Kier alpha value is -0.790. The fourth-order valence-electron chi connectivity index (χ4n) is 2.62. The molecule has 0 saturated carbocycles. The van der Waals surface area contributed by atoms with Crippen molar-refractivity contribution in [1.82, 2.24) is 9.80 Å². The Bertz CT molecular complexity index is 408. The van der Waals surface area contributed by atoms with Crippen molar-refractivity contribution in [3.05, 3.63) is 0 Å². The fourth-order valence-corrected chi connectivity index (χ4v) is 4.10. The molecule has 3 N–H and O–H groups in total. The van der Waals surface area contributed by atoms with E-state index in [1.165, 1.54) is 6.92 Å². The van der Waals surface area contributed by atoms with Crippen LogP contribution < -0.4 is 5.73 Å². The quantitative estimate of drug-likeness (QED) is 0.731. The molecule has 6 nitrogen and oxygen atoms in total. The zero-order valence-electron chi connectivity index (χ0n) is 12.2. The largest absolute Gasteiger partial charge is 0.391 e. The van der Waals surface area contributed by atoms with Gasteiger partial charge in [-0.05, 0) is 6.92 Å². The van der Waals surface area contributed by atoms with Gasteiger partial charge in [0.05, 0.1) is 19.2 Å². The van der Waals surface area contributed by atoms with E-state index < -0.39 is 12.1 Å². The maximum absolute atomic E-state index is 12.2. The highest BCUT2D eigenvalue weighted by molar-refractivity contribution is 8.01. The number of hydrogen-bond acceptors (Lipinski definition) is 5. The van der Waals surface area contributed by atoms with Crippen molar-refractivity contribution in [3.8, 4) is 0 Å². The minimum Gasteiger partial charge on any atom is -0.391 e. The van der Waals surface area contributed by atoms with Crippen LogP contribution in [0.25, 0.3) is 0 Å². The lowest BCUT2D eigenvalue weighted by molar-refractivity contribution is -0.151. The molecule has 2 aliphatic rings. The van der Waals surface area contributed by atoms with Gasteiger partial charge in [-0.1, -0.05) is 13.8 Å². The molecule has 2 fully saturated rings. The molecule has 2 aliphatic heterocycles. The highest BCUT2D eigenvalue weighted by atomic mass is 32.2. The molecule has 0 aromatic carbocycles. The SMILES string of the molecule is CC(C)C(=O)N1CCSC12CN(C(=O)[C@@H](N)[C@@H](C)O)C2. The monoisotopic (exact) mass is 301 g/mol. The lowest BCUT2D eigenvalue weighted by Gasteiger charge is -2.52. The lowest BCUT2D eigenvalue weighted by atomic mass is 10.0. The van der Waals surface area contributed by atoms with Crippen molar-refractivity contribution in [2.75, 3.05) is 25.4 Å². The summed E-state index contributed by atoms with van der Waals surface area (Å²) < 4.78 is 0. The van der Waals surface area contributed by atoms with Crippen LogP contribution in [0.5, 0.6) is 0 Å². The van der Waals surface area contributed by atoms with Gasteiger partial charge in [0, 0.05) is 18.2 Å². The number of carbonyl (C=O) groups is 2. The Morgan fingerprint density at radius 1 is 1.25 bits per heavy atom. The average molecular weight is 301 g/mol. The minimum absolute atomic E-state index is 0.0324. The molecular weight excluding hydrogens is 278 g/mol. The number of nitrogens with two attached hydrogens (primary N) is 1. The van der Waals surface area contributed by atoms with E-state index in [1.54, 1.807) is 16.7 Å². The Labute approximate surface area is 123 Å². The maximum Gasteiger partial charge on any atom is 0.242 e. The predicted molar refractivity (Wildman–Crippen MR) is 78.0 cm³/mol. The van der Waals surface area contributed by atoms with Crippen molar-refractivity contribution >= 4 is 23.6 Å². The van der Waals surface area contributed by atoms with Gasteiger partial charge < -0.3 is 20.6 Å². The number of nitrogens with zero attached hydrogens (tertiary/aromatic N) is 2. The summed E-state index contributed by atoms with van der Waals surface area (Å²) >= 11 is 1.73. The molecule has 2 atom stereocenters. The molecule has 2 rings (SSSR count). The molecule has 0 aromatic rings. The standard InChI is InChI=1S/C13H23N3O3S/c1-8(2)11(18)16-4-5-20-13(16)6-15(7-13)12(19)10(14)9(3)17/h8-10,17H,4-7,14H2,1-3H3/t9-,10+/m1/s1. The Morgan fingerprint density at radius 3 is 2.35 bits per heavy atom. The molecule has 0 aliphatic carbocycles. The van der Waals surface area contributed by atoms with Crippen molar-refractivity contribution in [3.63, 3.8) is 0 Å². The highest BCUT2D eigenvalue weighted by Gasteiger charge is 2.55. The van der Waals surface area contributed by atoms with Gasteiger partial charge in [-0.2, -0.15) is 0 Å². The van der Waals surface area contributed by atoms with Crippen LogP contribution in [0.15, 0.2) is 0 Å². The highest BCUT2D eigenvalue weighted by Crippen LogP contribution is 2.43. The van der Waals surface area contributed by atoms with E-state index >= 15 is 0 Å². The van der Waals surface area contributed by atoms with E-state index in [4.69, 9.17) is 5.73 Å². The number of aliphatic hydroxyl groups is 1. The van der Waals surface area contributed by atoms with Gasteiger partial charge in [-0.25, -0.2) is 0 Å². The summed E-state index contributed by atoms with van der Waals surface area (Å²) in [4.78, 5) is 27.5. The number of thioether (sulfide) groups is 1. The molecule has 0 bridgehead atoms. The van der Waals surface area contributed by atoms with Crippen LogP contribution in [0.1, 0.15) is 20.8 Å². The van der Waals surface area contributed by atoms with E-state index in [2.05, 4.69) is 0 Å². The third-order valence-electron chi connectivity index (χ3n) is 3.93. The van der Waals surface area contributed by atoms with Gasteiger partial charge in [0.1, 0.15) is 10.9 Å². The van der Waals surface area contributed by atoms with Gasteiger partial charge in [0.2, 0.25) is 11.8 Å². The molecular formula is C13H23N3O3S. The zero-order valence-corrected chi connectivity index (χ0v) is 13.0. The maximum atomic E-state index is 12.2. The molecule has 2 heterocycles. The van der Waals surface area contributed by atoms with E-state index in [-0.39, 0.29) is 22.6 Å². The third-order valence-corrected chi connectivity index (χ3v) is 5.33. The zero-order chi connectivity index (χ0) is 15.1. The second kappa shape index (κ2) is 5.54. The van der Waals surface area contributed by atoms with E-state index in [0.29, 0.717) is 13.1 Å². The van der Waals surface area contributed by atoms with E-state index in [0.717, 1.165) is 12.3 Å². The number of likely N-dealkylation sites (tertiary alicyclic amines) is 1. The second-order valence-electron chi connectivity index (χ2n) is 5.90. The van der Waals surface area contributed by atoms with Gasteiger partial charge in [-0.3, -0.25) is 9.59 Å². The van der Waals surface area contributed by atoms with Crippen molar-refractivity contribution in [1.29, 1.82) is 0 Å². The first kappa shape index (κ1) is 15.6. The van der Waals surface area contributed by atoms with Crippen LogP contribution in [0, 0.1) is 5.92 Å². The first-order chi connectivity index (χ1) is 9.28. The summed E-state index contributed by atoms with van der Waals surface area (Å²) in [7, 11) is 0. The summed E-state index contributed by atoms with van der Waals surface area (Å²) in [5, 5.41) is 9.39. The number of rotatable bonds is 3.